The third-order valence-electron chi connectivity index (χ3n) is 4.79. The summed E-state index contributed by atoms with van der Waals surface area (Å²) in [5.41, 5.74) is 0.862. The molecule has 1 aromatic carbocycles. The summed E-state index contributed by atoms with van der Waals surface area (Å²) in [5.74, 6) is 1.42. The first-order valence-electron chi connectivity index (χ1n) is 8.24. The molecule has 1 nitrogen and oxygen atoms in total. The summed E-state index contributed by atoms with van der Waals surface area (Å²) in [6.45, 7) is 5.42. The van der Waals surface area contributed by atoms with Gasteiger partial charge in [0.1, 0.15) is 5.82 Å². The lowest BCUT2D eigenvalue weighted by molar-refractivity contribution is 0.216. The van der Waals surface area contributed by atoms with Crippen LogP contribution in [0.3, 0.4) is 0 Å². The normalized spacial score (nSPS) is 24.6. The molecule has 0 bridgehead atoms. The summed E-state index contributed by atoms with van der Waals surface area (Å²) in [5, 5.41) is 3.59. The van der Waals surface area contributed by atoms with E-state index in [1.165, 1.54) is 32.1 Å². The monoisotopic (exact) mass is 277 g/mol. The zero-order valence-electron chi connectivity index (χ0n) is 12.9. The van der Waals surface area contributed by atoms with Gasteiger partial charge in [0.2, 0.25) is 0 Å². The van der Waals surface area contributed by atoms with Gasteiger partial charge in [-0.3, -0.25) is 0 Å². The Morgan fingerprint density at radius 2 is 1.85 bits per heavy atom. The Labute approximate surface area is 123 Å². The van der Waals surface area contributed by atoms with Gasteiger partial charge in [0, 0.05) is 11.6 Å². The average molecular weight is 277 g/mol. The molecule has 0 aromatic heterocycles. The van der Waals surface area contributed by atoms with Gasteiger partial charge in [-0.15, -0.1) is 0 Å². The Balaban J connectivity index is 2.10. The van der Waals surface area contributed by atoms with Gasteiger partial charge >= 0.3 is 0 Å². The fraction of sp³-hybridized carbons (Fsp3) is 0.667. The summed E-state index contributed by atoms with van der Waals surface area (Å²) in [6.07, 6.45) is 7.46. The number of halogens is 1. The van der Waals surface area contributed by atoms with E-state index >= 15 is 0 Å². The number of nitrogens with one attached hydrogen (secondary N) is 1. The van der Waals surface area contributed by atoms with Crippen molar-refractivity contribution in [1.82, 2.24) is 5.32 Å². The molecule has 1 fully saturated rings. The van der Waals surface area contributed by atoms with E-state index in [-0.39, 0.29) is 11.9 Å². The van der Waals surface area contributed by atoms with Gasteiger partial charge in [-0.1, -0.05) is 51.3 Å². The van der Waals surface area contributed by atoms with Crippen LogP contribution in [-0.2, 0) is 0 Å². The Hall–Kier alpha value is -0.890. The van der Waals surface area contributed by atoms with Gasteiger partial charge in [0.25, 0.3) is 0 Å². The van der Waals surface area contributed by atoms with Gasteiger partial charge in [-0.2, -0.15) is 0 Å². The molecule has 0 saturated heterocycles. The van der Waals surface area contributed by atoms with E-state index in [0.717, 1.165) is 24.4 Å². The molecule has 20 heavy (non-hydrogen) atoms. The highest BCUT2D eigenvalue weighted by molar-refractivity contribution is 5.22. The Kier molecular flexibility index (Phi) is 6.03. The summed E-state index contributed by atoms with van der Waals surface area (Å²) in [4.78, 5) is 0. The minimum absolute atomic E-state index is 0.0567. The number of hydrogen-bond acceptors (Lipinski definition) is 1. The second kappa shape index (κ2) is 7.78. The maximum Gasteiger partial charge on any atom is 0.127 e. The Morgan fingerprint density at radius 1 is 1.15 bits per heavy atom. The van der Waals surface area contributed by atoms with E-state index in [9.17, 15) is 4.39 Å². The van der Waals surface area contributed by atoms with Crippen molar-refractivity contribution in [3.05, 3.63) is 35.6 Å². The first kappa shape index (κ1) is 15.5. The van der Waals surface area contributed by atoms with Crippen LogP contribution < -0.4 is 5.32 Å². The maximum atomic E-state index is 14.1. The van der Waals surface area contributed by atoms with Crippen LogP contribution in [0, 0.1) is 17.7 Å². The van der Waals surface area contributed by atoms with Gasteiger partial charge in [0.05, 0.1) is 0 Å². The third-order valence-corrected chi connectivity index (χ3v) is 4.79. The second-order valence-electron chi connectivity index (χ2n) is 6.14. The fourth-order valence-corrected chi connectivity index (χ4v) is 3.49. The molecule has 0 heterocycles. The molecule has 112 valence electrons. The lowest BCUT2D eigenvalue weighted by Crippen LogP contribution is -2.32. The van der Waals surface area contributed by atoms with Crippen LogP contribution in [-0.4, -0.2) is 6.54 Å². The second-order valence-corrected chi connectivity index (χ2v) is 6.14. The molecule has 2 heteroatoms. The average Bonchev–Trinajstić information content (AvgIpc) is 2.50. The van der Waals surface area contributed by atoms with E-state index in [1.807, 2.05) is 12.1 Å². The first-order chi connectivity index (χ1) is 9.76. The quantitative estimate of drug-likeness (QED) is 0.764. The van der Waals surface area contributed by atoms with E-state index in [1.54, 1.807) is 12.1 Å². The molecular weight excluding hydrogens is 249 g/mol. The highest BCUT2D eigenvalue weighted by Gasteiger charge is 2.29. The molecule has 1 aliphatic carbocycles. The topological polar surface area (TPSA) is 12.0 Å². The molecule has 0 amide bonds. The molecule has 0 aliphatic heterocycles. The summed E-state index contributed by atoms with van der Waals surface area (Å²) >= 11 is 0. The summed E-state index contributed by atoms with van der Waals surface area (Å²) in [6, 6.07) is 7.47. The molecular formula is C18H28FN. The van der Waals surface area contributed by atoms with Gasteiger partial charge in [0.15, 0.2) is 0 Å². The minimum atomic E-state index is -0.0567. The lowest BCUT2D eigenvalue weighted by Gasteiger charge is -2.34. The van der Waals surface area contributed by atoms with Crippen molar-refractivity contribution in [3.63, 3.8) is 0 Å². The summed E-state index contributed by atoms with van der Waals surface area (Å²) in [7, 11) is 0. The predicted octanol–water partition coefficient (Wildman–Crippen LogP) is 5.08. The zero-order chi connectivity index (χ0) is 14.4. The van der Waals surface area contributed by atoms with E-state index in [2.05, 4.69) is 19.2 Å². The summed E-state index contributed by atoms with van der Waals surface area (Å²) < 4.78 is 14.1. The van der Waals surface area contributed by atoms with Gasteiger partial charge in [-0.25, -0.2) is 4.39 Å². The highest BCUT2D eigenvalue weighted by atomic mass is 19.1. The lowest BCUT2D eigenvalue weighted by atomic mass is 9.76. The van der Waals surface area contributed by atoms with E-state index in [0.29, 0.717) is 5.92 Å². The third kappa shape index (κ3) is 3.82. The number of rotatable bonds is 6. The Bertz CT molecular complexity index is 396. The number of benzene rings is 1. The molecule has 1 aliphatic rings. The van der Waals surface area contributed by atoms with Crippen molar-refractivity contribution in [2.75, 3.05) is 6.54 Å². The smallest absolute Gasteiger partial charge is 0.127 e. The molecule has 1 unspecified atom stereocenters. The van der Waals surface area contributed by atoms with Crippen LogP contribution in [0.1, 0.15) is 64.0 Å². The predicted molar refractivity (Wildman–Crippen MR) is 83.2 cm³/mol. The first-order valence-corrected chi connectivity index (χ1v) is 8.24. The molecule has 0 radical (unpaired) electrons. The molecule has 1 N–H and O–H groups in total. The van der Waals surface area contributed by atoms with Gasteiger partial charge < -0.3 is 5.32 Å². The fourth-order valence-electron chi connectivity index (χ4n) is 3.49. The Morgan fingerprint density at radius 3 is 2.45 bits per heavy atom. The largest absolute Gasteiger partial charge is 0.310 e. The van der Waals surface area contributed by atoms with Crippen LogP contribution in [0.15, 0.2) is 24.3 Å². The van der Waals surface area contributed by atoms with E-state index in [4.69, 9.17) is 0 Å². The molecule has 2 rings (SSSR count). The molecule has 1 atom stereocenters. The van der Waals surface area contributed by atoms with Gasteiger partial charge in [-0.05, 0) is 43.7 Å². The molecule has 0 spiro atoms. The van der Waals surface area contributed by atoms with Crippen LogP contribution in [0.2, 0.25) is 0 Å². The van der Waals surface area contributed by atoms with Crippen molar-refractivity contribution in [1.29, 1.82) is 0 Å². The van der Waals surface area contributed by atoms with Crippen LogP contribution in [0.25, 0.3) is 0 Å². The standard InChI is InChI=1S/C18H28FN/c1-3-13-20-18(16-7-5-6-8-17(16)19)15-11-9-14(4-2)10-12-15/h5-8,14-15,18,20H,3-4,9-13H2,1-2H3. The number of hydrogen-bond donors (Lipinski definition) is 1. The highest BCUT2D eigenvalue weighted by Crippen LogP contribution is 2.38. The minimum Gasteiger partial charge on any atom is -0.310 e. The SMILES string of the molecule is CCCNC(c1ccccc1F)C1CCC(CC)CC1. The van der Waals surface area contributed by atoms with Crippen molar-refractivity contribution in [3.8, 4) is 0 Å². The van der Waals surface area contributed by atoms with Crippen molar-refractivity contribution in [2.45, 2.75) is 58.4 Å². The van der Waals surface area contributed by atoms with Crippen LogP contribution in [0.4, 0.5) is 4.39 Å². The van der Waals surface area contributed by atoms with Crippen molar-refractivity contribution in [2.24, 2.45) is 11.8 Å². The maximum absolute atomic E-state index is 14.1. The van der Waals surface area contributed by atoms with Crippen molar-refractivity contribution >= 4 is 0 Å². The van der Waals surface area contributed by atoms with Crippen LogP contribution in [0.5, 0.6) is 0 Å². The van der Waals surface area contributed by atoms with E-state index < -0.39 is 0 Å². The molecule has 1 aromatic rings. The molecule has 1 saturated carbocycles. The van der Waals surface area contributed by atoms with Crippen LogP contribution >= 0.6 is 0 Å². The van der Waals surface area contributed by atoms with Crippen molar-refractivity contribution < 1.29 is 4.39 Å². The zero-order valence-corrected chi connectivity index (χ0v) is 12.9.